The lowest BCUT2D eigenvalue weighted by Gasteiger charge is -2.25. The van der Waals surface area contributed by atoms with E-state index in [9.17, 15) is 23.3 Å². The Balaban J connectivity index is 2.95. The van der Waals surface area contributed by atoms with E-state index >= 15 is 0 Å². The lowest BCUT2D eigenvalue weighted by atomic mass is 9.96. The average Bonchev–Trinajstić information content (AvgIpc) is 2.51. The van der Waals surface area contributed by atoms with Crippen LogP contribution in [0.3, 0.4) is 0 Å². The topological polar surface area (TPSA) is 125 Å². The molecule has 0 aliphatic heterocycles. The molecule has 0 heterocycles. The molecule has 0 radical (unpaired) electrons. The summed E-state index contributed by atoms with van der Waals surface area (Å²) in [7, 11) is -3.61. The van der Waals surface area contributed by atoms with E-state index in [-0.39, 0.29) is 19.4 Å². The Kier molecular flexibility index (Phi) is 8.17. The van der Waals surface area contributed by atoms with Gasteiger partial charge in [-0.3, -0.25) is 14.3 Å². The number of nitrogens with one attached hydrogen (secondary N) is 1. The molecule has 27 heavy (non-hydrogen) atoms. The minimum absolute atomic E-state index is 0.0118. The third-order valence-electron chi connectivity index (χ3n) is 3.43. The fraction of sp³-hybridized carbons (Fsp3) is 0.588. The van der Waals surface area contributed by atoms with Crippen molar-refractivity contribution in [1.82, 2.24) is 5.32 Å². The van der Waals surface area contributed by atoms with E-state index in [2.05, 4.69) is 9.50 Å². The number of amides is 1. The molecule has 0 aliphatic carbocycles. The highest BCUT2D eigenvalue weighted by atomic mass is 32.2. The quantitative estimate of drug-likeness (QED) is 0.291. The second kappa shape index (κ2) is 9.65. The molecule has 0 spiro atoms. The van der Waals surface area contributed by atoms with Crippen LogP contribution in [0.15, 0.2) is 30.3 Å². The fourth-order valence-electron chi connectivity index (χ4n) is 2.39. The third kappa shape index (κ3) is 9.34. The molecule has 0 aliphatic rings. The van der Waals surface area contributed by atoms with Gasteiger partial charge in [-0.2, -0.15) is 8.42 Å². The number of carbonyl (C=O) groups is 1. The first-order chi connectivity index (χ1) is 12.4. The molecule has 1 aromatic rings. The number of nitrogens with zero attached hydrogens (tertiary/aromatic N) is 1. The molecule has 1 N–H and O–H groups in total. The van der Waals surface area contributed by atoms with Crippen molar-refractivity contribution >= 4 is 16.2 Å². The van der Waals surface area contributed by atoms with Gasteiger partial charge in [0.1, 0.15) is 11.6 Å². The maximum Gasteiger partial charge on any atom is 0.408 e. The zero-order chi connectivity index (χ0) is 20.7. The molecule has 9 nitrogen and oxygen atoms in total. The number of hydrogen-bond donors (Lipinski definition) is 1. The summed E-state index contributed by atoms with van der Waals surface area (Å²) in [5.41, 5.74) is -0.201. The van der Waals surface area contributed by atoms with Crippen molar-refractivity contribution in [2.75, 3.05) is 12.9 Å². The van der Waals surface area contributed by atoms with Crippen LogP contribution >= 0.6 is 0 Å². The van der Waals surface area contributed by atoms with Crippen LogP contribution in [0.25, 0.3) is 0 Å². The summed E-state index contributed by atoms with van der Waals surface area (Å²) in [5.74, 6) is 0. The highest BCUT2D eigenvalue weighted by Gasteiger charge is 2.35. The van der Waals surface area contributed by atoms with Crippen molar-refractivity contribution in [1.29, 1.82) is 0 Å². The number of alkyl carbamates (subject to hydrolysis) is 1. The van der Waals surface area contributed by atoms with E-state index in [0.29, 0.717) is 5.56 Å². The SMILES string of the molecule is CC(C)(C)OC(=O)N[C@H](c1ccccc1)C(CCCOS(C)(=O)=O)[N+](=O)[O-]. The van der Waals surface area contributed by atoms with E-state index in [1.165, 1.54) is 0 Å². The fourth-order valence-corrected chi connectivity index (χ4v) is 2.81. The van der Waals surface area contributed by atoms with Crippen molar-refractivity contribution in [2.45, 2.75) is 51.3 Å². The van der Waals surface area contributed by atoms with E-state index in [1.807, 2.05) is 0 Å². The summed E-state index contributed by atoms with van der Waals surface area (Å²) in [5, 5.41) is 14.2. The highest BCUT2D eigenvalue weighted by Crippen LogP contribution is 2.23. The van der Waals surface area contributed by atoms with Crippen LogP contribution in [-0.2, 0) is 19.0 Å². The van der Waals surface area contributed by atoms with E-state index in [1.54, 1.807) is 51.1 Å². The Morgan fingerprint density at radius 2 is 1.85 bits per heavy atom. The van der Waals surface area contributed by atoms with Crippen LogP contribution in [0.5, 0.6) is 0 Å². The van der Waals surface area contributed by atoms with Gasteiger partial charge in [-0.05, 0) is 32.8 Å². The zero-order valence-corrected chi connectivity index (χ0v) is 16.7. The average molecular weight is 402 g/mol. The van der Waals surface area contributed by atoms with Gasteiger partial charge in [-0.15, -0.1) is 0 Å². The summed E-state index contributed by atoms with van der Waals surface area (Å²) in [6, 6.07) is 6.41. The van der Waals surface area contributed by atoms with Crippen molar-refractivity contribution < 1.29 is 27.1 Å². The summed E-state index contributed by atoms with van der Waals surface area (Å²) in [6.07, 6.45) is 0.292. The number of hydrogen-bond acceptors (Lipinski definition) is 7. The van der Waals surface area contributed by atoms with Gasteiger partial charge in [0.05, 0.1) is 12.9 Å². The minimum Gasteiger partial charge on any atom is -0.444 e. The number of benzene rings is 1. The summed E-state index contributed by atoms with van der Waals surface area (Å²) in [6.45, 7) is 4.91. The Morgan fingerprint density at radius 1 is 1.26 bits per heavy atom. The van der Waals surface area contributed by atoms with Crippen LogP contribution < -0.4 is 5.32 Å². The maximum atomic E-state index is 12.2. The van der Waals surface area contributed by atoms with Gasteiger partial charge in [0, 0.05) is 11.3 Å². The van der Waals surface area contributed by atoms with Crippen molar-refractivity contribution in [2.24, 2.45) is 0 Å². The van der Waals surface area contributed by atoms with Gasteiger partial charge in [-0.1, -0.05) is 30.3 Å². The molecule has 1 aromatic carbocycles. The molecule has 0 fully saturated rings. The molecule has 0 saturated heterocycles. The number of carbonyl (C=O) groups excluding carboxylic acids is 1. The van der Waals surface area contributed by atoms with Crippen LogP contribution in [0.2, 0.25) is 0 Å². The van der Waals surface area contributed by atoms with Crippen molar-refractivity contribution in [3.63, 3.8) is 0 Å². The minimum atomic E-state index is -3.61. The molecule has 0 aromatic heterocycles. The second-order valence-corrected chi connectivity index (χ2v) is 8.70. The van der Waals surface area contributed by atoms with Gasteiger partial charge in [0.25, 0.3) is 10.1 Å². The first-order valence-electron chi connectivity index (χ1n) is 8.41. The number of rotatable bonds is 9. The monoisotopic (exact) mass is 402 g/mol. The van der Waals surface area contributed by atoms with Gasteiger partial charge in [0.2, 0.25) is 6.04 Å². The molecular weight excluding hydrogens is 376 g/mol. The van der Waals surface area contributed by atoms with E-state index < -0.39 is 38.8 Å². The standard InChI is InChI=1S/C17H26N2O7S/c1-17(2,3)26-16(20)18-15(13-9-6-5-7-10-13)14(19(21)22)11-8-12-25-27(4,23)24/h5-7,9-10,14-15H,8,11-12H2,1-4H3,(H,18,20)/t14?,15-/m1/s1. The molecule has 0 bridgehead atoms. The van der Waals surface area contributed by atoms with Crippen LogP contribution in [0.4, 0.5) is 4.79 Å². The highest BCUT2D eigenvalue weighted by molar-refractivity contribution is 7.85. The van der Waals surface area contributed by atoms with E-state index in [0.717, 1.165) is 6.26 Å². The predicted octanol–water partition coefficient (Wildman–Crippen LogP) is 2.65. The molecule has 10 heteroatoms. The van der Waals surface area contributed by atoms with Gasteiger partial charge < -0.3 is 10.1 Å². The lowest BCUT2D eigenvalue weighted by molar-refractivity contribution is -0.528. The predicted molar refractivity (Wildman–Crippen MR) is 99.4 cm³/mol. The Labute approximate surface area is 159 Å². The molecule has 0 saturated carbocycles. The summed E-state index contributed by atoms with van der Waals surface area (Å²) < 4.78 is 31.9. The number of nitro groups is 1. The Bertz CT molecular complexity index is 729. The van der Waals surface area contributed by atoms with Crippen molar-refractivity contribution in [3.8, 4) is 0 Å². The van der Waals surface area contributed by atoms with E-state index in [4.69, 9.17) is 4.74 Å². The molecule has 152 valence electrons. The molecule has 1 rings (SSSR count). The third-order valence-corrected chi connectivity index (χ3v) is 4.02. The van der Waals surface area contributed by atoms with Crippen LogP contribution in [0.1, 0.15) is 45.2 Å². The molecule has 1 amide bonds. The van der Waals surface area contributed by atoms with Gasteiger partial charge in [-0.25, -0.2) is 4.79 Å². The summed E-state index contributed by atoms with van der Waals surface area (Å²) >= 11 is 0. The molecule has 1 unspecified atom stereocenters. The van der Waals surface area contributed by atoms with Crippen LogP contribution in [0, 0.1) is 10.1 Å². The zero-order valence-electron chi connectivity index (χ0n) is 15.9. The van der Waals surface area contributed by atoms with Crippen LogP contribution in [-0.4, -0.2) is 43.9 Å². The Morgan fingerprint density at radius 3 is 2.33 bits per heavy atom. The van der Waals surface area contributed by atoms with Crippen molar-refractivity contribution in [3.05, 3.63) is 46.0 Å². The maximum absolute atomic E-state index is 12.2. The second-order valence-electron chi connectivity index (χ2n) is 7.06. The summed E-state index contributed by atoms with van der Waals surface area (Å²) in [4.78, 5) is 23.3. The first kappa shape index (κ1) is 22.8. The largest absolute Gasteiger partial charge is 0.444 e. The normalized spacial score (nSPS) is 14.2. The van der Waals surface area contributed by atoms with Gasteiger partial charge >= 0.3 is 6.09 Å². The number of ether oxygens (including phenoxy) is 1. The van der Waals surface area contributed by atoms with Gasteiger partial charge in [0.15, 0.2) is 0 Å². The molecule has 2 atom stereocenters. The Hall–Kier alpha value is -2.20. The lowest BCUT2D eigenvalue weighted by Crippen LogP contribution is -2.42. The first-order valence-corrected chi connectivity index (χ1v) is 10.2. The molecular formula is C17H26N2O7S. The smallest absolute Gasteiger partial charge is 0.408 e.